The minimum absolute atomic E-state index is 0.101. The van der Waals surface area contributed by atoms with Gasteiger partial charge in [-0.15, -0.1) is 0 Å². The number of hydrogen-bond donors (Lipinski definition) is 1. The zero-order valence-electron chi connectivity index (χ0n) is 14.5. The zero-order valence-corrected chi connectivity index (χ0v) is 14.5. The van der Waals surface area contributed by atoms with Crippen molar-refractivity contribution in [1.29, 1.82) is 0 Å². The fraction of sp³-hybridized carbons (Fsp3) is 0.556. The lowest BCUT2D eigenvalue weighted by atomic mass is 9.97. The Kier molecular flexibility index (Phi) is 3.74. The summed E-state index contributed by atoms with van der Waals surface area (Å²) in [7, 11) is 1.84. The predicted octanol–water partition coefficient (Wildman–Crippen LogP) is 2.09. The largest absolute Gasteiger partial charge is 0.481 e. The Balaban J connectivity index is 1.76. The fourth-order valence-corrected chi connectivity index (χ4v) is 3.75. The van der Waals surface area contributed by atoms with E-state index in [0.717, 1.165) is 41.7 Å². The van der Waals surface area contributed by atoms with Crippen LogP contribution in [0.15, 0.2) is 6.07 Å². The Morgan fingerprint density at radius 3 is 2.72 bits per heavy atom. The van der Waals surface area contributed by atoms with E-state index in [1.165, 1.54) is 0 Å². The third-order valence-electron chi connectivity index (χ3n) is 5.27. The first-order valence-electron chi connectivity index (χ1n) is 8.82. The molecule has 1 aliphatic heterocycles. The maximum absolute atomic E-state index is 13.2. The van der Waals surface area contributed by atoms with E-state index in [9.17, 15) is 14.7 Å². The summed E-state index contributed by atoms with van der Waals surface area (Å²) in [6.45, 7) is 2.76. The molecule has 0 aromatic carbocycles. The molecule has 2 aromatic rings. The summed E-state index contributed by atoms with van der Waals surface area (Å²) < 4.78 is 1.73. The first-order valence-corrected chi connectivity index (χ1v) is 8.82. The van der Waals surface area contributed by atoms with E-state index in [-0.39, 0.29) is 12.5 Å². The van der Waals surface area contributed by atoms with E-state index >= 15 is 0 Å². The number of hydrogen-bond acceptors (Lipinski definition) is 4. The minimum Gasteiger partial charge on any atom is -0.481 e. The molecule has 2 aromatic heterocycles. The maximum atomic E-state index is 13.2. The van der Waals surface area contributed by atoms with Crippen LogP contribution in [0, 0.1) is 12.8 Å². The van der Waals surface area contributed by atoms with Crippen LogP contribution in [0.3, 0.4) is 0 Å². The van der Waals surface area contributed by atoms with Crippen LogP contribution in [0.25, 0.3) is 11.0 Å². The van der Waals surface area contributed by atoms with Crippen molar-refractivity contribution < 1.29 is 14.7 Å². The van der Waals surface area contributed by atoms with E-state index in [4.69, 9.17) is 4.98 Å². The van der Waals surface area contributed by atoms with Crippen molar-refractivity contribution in [3.8, 4) is 0 Å². The monoisotopic (exact) mass is 342 g/mol. The van der Waals surface area contributed by atoms with Crippen LogP contribution in [0.1, 0.15) is 53.3 Å². The summed E-state index contributed by atoms with van der Waals surface area (Å²) in [5.41, 5.74) is 3.08. The van der Waals surface area contributed by atoms with E-state index in [1.54, 1.807) is 9.58 Å². The Hall–Kier alpha value is -2.44. The molecule has 132 valence electrons. The second kappa shape index (κ2) is 5.82. The fourth-order valence-electron chi connectivity index (χ4n) is 3.75. The summed E-state index contributed by atoms with van der Waals surface area (Å²) in [4.78, 5) is 30.9. The number of carbonyl (C=O) groups excluding carboxylic acids is 1. The van der Waals surface area contributed by atoms with Gasteiger partial charge in [0, 0.05) is 31.7 Å². The van der Waals surface area contributed by atoms with Crippen LogP contribution in [0.4, 0.5) is 0 Å². The Morgan fingerprint density at radius 1 is 1.28 bits per heavy atom. The number of pyridine rings is 1. The molecule has 0 spiro atoms. The van der Waals surface area contributed by atoms with Gasteiger partial charge in [-0.05, 0) is 38.7 Å². The number of carboxylic acid groups (broad SMARTS) is 1. The minimum atomic E-state index is -0.825. The number of likely N-dealkylation sites (tertiary alicyclic amines) is 1. The molecule has 2 aliphatic rings. The van der Waals surface area contributed by atoms with Gasteiger partial charge < -0.3 is 10.0 Å². The molecule has 7 nitrogen and oxygen atoms in total. The number of amides is 1. The predicted molar refractivity (Wildman–Crippen MR) is 91.5 cm³/mol. The topological polar surface area (TPSA) is 88.3 Å². The van der Waals surface area contributed by atoms with Gasteiger partial charge in [-0.1, -0.05) is 0 Å². The second-order valence-corrected chi connectivity index (χ2v) is 7.21. The number of nitrogens with zero attached hydrogens (tertiary/aromatic N) is 4. The summed E-state index contributed by atoms with van der Waals surface area (Å²) in [6, 6.07) is 1.90. The Labute approximate surface area is 145 Å². The number of carboxylic acids is 1. The molecule has 1 N–H and O–H groups in total. The zero-order chi connectivity index (χ0) is 17.7. The first kappa shape index (κ1) is 16.1. The van der Waals surface area contributed by atoms with Crippen molar-refractivity contribution in [3.63, 3.8) is 0 Å². The van der Waals surface area contributed by atoms with E-state index in [0.29, 0.717) is 24.4 Å². The molecular weight excluding hydrogens is 320 g/mol. The third-order valence-corrected chi connectivity index (χ3v) is 5.27. The van der Waals surface area contributed by atoms with Crippen molar-refractivity contribution in [2.75, 3.05) is 13.1 Å². The van der Waals surface area contributed by atoms with Crippen LogP contribution >= 0.6 is 0 Å². The highest BCUT2D eigenvalue weighted by atomic mass is 16.4. The van der Waals surface area contributed by atoms with Crippen LogP contribution < -0.4 is 0 Å². The number of piperidine rings is 1. The highest BCUT2D eigenvalue weighted by Crippen LogP contribution is 2.40. The van der Waals surface area contributed by atoms with Crippen molar-refractivity contribution in [1.82, 2.24) is 19.7 Å². The molecular formula is C18H22N4O3. The van der Waals surface area contributed by atoms with E-state index in [2.05, 4.69) is 5.10 Å². The van der Waals surface area contributed by atoms with Gasteiger partial charge in [0.15, 0.2) is 5.65 Å². The van der Waals surface area contributed by atoms with Gasteiger partial charge in [0.2, 0.25) is 0 Å². The van der Waals surface area contributed by atoms with Gasteiger partial charge in [0.05, 0.1) is 22.6 Å². The molecule has 7 heteroatoms. The summed E-state index contributed by atoms with van der Waals surface area (Å²) in [5.74, 6) is -0.975. The van der Waals surface area contributed by atoms with Gasteiger partial charge in [0.25, 0.3) is 5.91 Å². The van der Waals surface area contributed by atoms with Crippen LogP contribution in [-0.4, -0.2) is 49.7 Å². The summed E-state index contributed by atoms with van der Waals surface area (Å²) >= 11 is 0. The highest BCUT2D eigenvalue weighted by Gasteiger charge is 2.32. The van der Waals surface area contributed by atoms with Crippen LogP contribution in [-0.2, 0) is 11.8 Å². The molecule has 0 radical (unpaired) electrons. The normalized spacial score (nSPS) is 20.9. The van der Waals surface area contributed by atoms with Crippen molar-refractivity contribution in [2.24, 2.45) is 13.0 Å². The van der Waals surface area contributed by atoms with Gasteiger partial charge in [-0.25, -0.2) is 4.98 Å². The molecule has 2 fully saturated rings. The number of rotatable bonds is 3. The van der Waals surface area contributed by atoms with Crippen LogP contribution in [0.2, 0.25) is 0 Å². The van der Waals surface area contributed by atoms with Crippen molar-refractivity contribution >= 4 is 22.9 Å². The van der Waals surface area contributed by atoms with E-state index in [1.807, 2.05) is 20.0 Å². The van der Waals surface area contributed by atoms with Gasteiger partial charge in [0.1, 0.15) is 0 Å². The molecule has 4 rings (SSSR count). The van der Waals surface area contributed by atoms with Gasteiger partial charge >= 0.3 is 5.97 Å². The molecule has 1 atom stereocenters. The third kappa shape index (κ3) is 2.77. The van der Waals surface area contributed by atoms with E-state index < -0.39 is 11.9 Å². The van der Waals surface area contributed by atoms with Crippen molar-refractivity contribution in [2.45, 2.75) is 38.5 Å². The quantitative estimate of drug-likeness (QED) is 0.923. The average Bonchev–Trinajstić information content (AvgIpc) is 3.41. The number of fused-ring (bicyclic) bond motifs is 1. The van der Waals surface area contributed by atoms with Crippen LogP contribution in [0.5, 0.6) is 0 Å². The maximum Gasteiger partial charge on any atom is 0.308 e. The first-order chi connectivity index (χ1) is 12.0. The number of aryl methyl sites for hydroxylation is 2. The summed E-state index contributed by atoms with van der Waals surface area (Å²) in [6.07, 6.45) is 3.56. The highest BCUT2D eigenvalue weighted by molar-refractivity contribution is 6.06. The molecule has 1 saturated carbocycles. The number of carbonyl (C=O) groups is 2. The lowest BCUT2D eigenvalue weighted by Crippen LogP contribution is -2.42. The van der Waals surface area contributed by atoms with Gasteiger partial charge in [-0.2, -0.15) is 5.10 Å². The second-order valence-electron chi connectivity index (χ2n) is 7.21. The lowest BCUT2D eigenvalue weighted by molar-refractivity contribution is -0.143. The van der Waals surface area contributed by atoms with Gasteiger partial charge in [-0.3, -0.25) is 14.3 Å². The van der Waals surface area contributed by atoms with Crippen molar-refractivity contribution in [3.05, 3.63) is 23.0 Å². The summed E-state index contributed by atoms with van der Waals surface area (Å²) in [5, 5.41) is 14.5. The smallest absolute Gasteiger partial charge is 0.308 e. The molecule has 1 saturated heterocycles. The Morgan fingerprint density at radius 2 is 2.04 bits per heavy atom. The molecule has 25 heavy (non-hydrogen) atoms. The number of aliphatic carboxylic acids is 1. The SMILES string of the molecule is Cc1nn(C)c2nc(C3CC3)cc(C(=O)N3CCCC(C(=O)O)C3)c12. The molecule has 1 unspecified atom stereocenters. The number of aromatic nitrogens is 3. The molecule has 3 heterocycles. The molecule has 0 bridgehead atoms. The standard InChI is InChI=1S/C18H22N4O3/c1-10-15-13(17(23)22-7-3-4-12(9-22)18(24)25)8-14(11-5-6-11)19-16(15)21(2)20-10/h8,11-12H,3-7,9H2,1-2H3,(H,24,25). The molecule has 1 amide bonds. The molecule has 1 aliphatic carbocycles. The Bertz CT molecular complexity index is 869. The lowest BCUT2D eigenvalue weighted by Gasteiger charge is -2.31. The average molecular weight is 342 g/mol.